The van der Waals surface area contributed by atoms with E-state index in [-0.39, 0.29) is 12.6 Å². The maximum atomic E-state index is 9.91. The summed E-state index contributed by atoms with van der Waals surface area (Å²) in [6, 6.07) is 11.4. The molecule has 0 radical (unpaired) electrons. The van der Waals surface area contributed by atoms with E-state index in [1.807, 2.05) is 42.6 Å². The number of nitrogens with zero attached hydrogens (tertiary/aromatic N) is 2. The van der Waals surface area contributed by atoms with E-state index >= 15 is 0 Å². The SMILES string of the molecule is OCC(NCC(O)Cn1cccn1)c1ccccc1. The van der Waals surface area contributed by atoms with Crippen molar-refractivity contribution in [1.29, 1.82) is 0 Å². The molecule has 0 spiro atoms. The van der Waals surface area contributed by atoms with Crippen molar-refractivity contribution in [1.82, 2.24) is 15.1 Å². The van der Waals surface area contributed by atoms with Gasteiger partial charge in [0.05, 0.1) is 25.3 Å². The average molecular weight is 261 g/mol. The highest BCUT2D eigenvalue weighted by Gasteiger charge is 2.12. The molecule has 2 rings (SSSR count). The monoisotopic (exact) mass is 261 g/mol. The van der Waals surface area contributed by atoms with Crippen LogP contribution in [0, 0.1) is 0 Å². The van der Waals surface area contributed by atoms with Crippen molar-refractivity contribution in [2.24, 2.45) is 0 Å². The Labute approximate surface area is 112 Å². The highest BCUT2D eigenvalue weighted by molar-refractivity contribution is 5.18. The standard InChI is InChI=1S/C14H19N3O2/c18-11-14(12-5-2-1-3-6-12)15-9-13(19)10-17-8-4-7-16-17/h1-8,13-15,18-19H,9-11H2. The van der Waals surface area contributed by atoms with Crippen LogP contribution >= 0.6 is 0 Å². The second-order valence-electron chi connectivity index (χ2n) is 4.44. The third-order valence-electron chi connectivity index (χ3n) is 2.94. The van der Waals surface area contributed by atoms with Gasteiger partial charge in [-0.2, -0.15) is 5.10 Å². The topological polar surface area (TPSA) is 70.3 Å². The number of rotatable bonds is 7. The van der Waals surface area contributed by atoms with Crippen LogP contribution < -0.4 is 5.32 Å². The molecule has 0 aliphatic heterocycles. The summed E-state index contributed by atoms with van der Waals surface area (Å²) in [5.74, 6) is 0. The number of benzene rings is 1. The molecule has 0 fully saturated rings. The Morgan fingerprint density at radius 2 is 2.00 bits per heavy atom. The smallest absolute Gasteiger partial charge is 0.0860 e. The van der Waals surface area contributed by atoms with Gasteiger partial charge in [0.15, 0.2) is 0 Å². The molecule has 102 valence electrons. The van der Waals surface area contributed by atoms with Crippen LogP contribution in [0.4, 0.5) is 0 Å². The fourth-order valence-corrected chi connectivity index (χ4v) is 1.94. The minimum Gasteiger partial charge on any atom is -0.394 e. The molecule has 19 heavy (non-hydrogen) atoms. The van der Waals surface area contributed by atoms with Crippen LogP contribution in [0.5, 0.6) is 0 Å². The van der Waals surface area contributed by atoms with Crippen molar-refractivity contribution in [2.75, 3.05) is 13.2 Å². The summed E-state index contributed by atoms with van der Waals surface area (Å²) in [6.07, 6.45) is 2.95. The lowest BCUT2D eigenvalue weighted by Gasteiger charge is -2.19. The number of nitrogens with one attached hydrogen (secondary N) is 1. The Balaban J connectivity index is 1.83. The molecule has 0 saturated carbocycles. The first-order chi connectivity index (χ1) is 9.29. The highest BCUT2D eigenvalue weighted by Crippen LogP contribution is 2.11. The summed E-state index contributed by atoms with van der Waals surface area (Å²) in [6.45, 7) is 0.839. The van der Waals surface area contributed by atoms with Crippen molar-refractivity contribution in [3.8, 4) is 0 Å². The molecule has 0 saturated heterocycles. The summed E-state index contributed by atoms with van der Waals surface area (Å²) in [5, 5.41) is 26.5. The Bertz CT molecular complexity index is 459. The van der Waals surface area contributed by atoms with E-state index in [1.165, 1.54) is 0 Å². The summed E-state index contributed by atoms with van der Waals surface area (Å²) < 4.78 is 1.68. The van der Waals surface area contributed by atoms with Crippen LogP contribution in [0.1, 0.15) is 11.6 Å². The second-order valence-corrected chi connectivity index (χ2v) is 4.44. The summed E-state index contributed by atoms with van der Waals surface area (Å²) in [5.41, 5.74) is 1.01. The van der Waals surface area contributed by atoms with E-state index in [2.05, 4.69) is 10.4 Å². The van der Waals surface area contributed by atoms with Gasteiger partial charge in [-0.25, -0.2) is 0 Å². The first-order valence-corrected chi connectivity index (χ1v) is 6.34. The number of aliphatic hydroxyl groups is 2. The maximum absolute atomic E-state index is 9.91. The lowest BCUT2D eigenvalue weighted by atomic mass is 10.1. The highest BCUT2D eigenvalue weighted by atomic mass is 16.3. The molecule has 1 heterocycles. The fourth-order valence-electron chi connectivity index (χ4n) is 1.94. The lowest BCUT2D eigenvalue weighted by Crippen LogP contribution is -2.34. The number of hydrogen-bond donors (Lipinski definition) is 3. The molecule has 5 nitrogen and oxygen atoms in total. The first kappa shape index (κ1) is 13.7. The third-order valence-corrected chi connectivity index (χ3v) is 2.94. The van der Waals surface area contributed by atoms with Crippen molar-refractivity contribution >= 4 is 0 Å². The third kappa shape index (κ3) is 4.17. The van der Waals surface area contributed by atoms with Crippen LogP contribution in [0.3, 0.4) is 0 Å². The van der Waals surface area contributed by atoms with Gasteiger partial charge in [-0.1, -0.05) is 30.3 Å². The van der Waals surface area contributed by atoms with Gasteiger partial charge in [0.2, 0.25) is 0 Å². The van der Waals surface area contributed by atoms with E-state index in [1.54, 1.807) is 10.9 Å². The molecule has 1 aromatic carbocycles. The molecule has 1 aromatic heterocycles. The van der Waals surface area contributed by atoms with Gasteiger partial charge in [-0.05, 0) is 11.6 Å². The summed E-state index contributed by atoms with van der Waals surface area (Å²) in [7, 11) is 0. The zero-order chi connectivity index (χ0) is 13.5. The van der Waals surface area contributed by atoms with Gasteiger partial charge < -0.3 is 15.5 Å². The van der Waals surface area contributed by atoms with Crippen molar-refractivity contribution in [3.63, 3.8) is 0 Å². The molecular formula is C14H19N3O2. The Hall–Kier alpha value is -1.69. The Morgan fingerprint density at radius 3 is 2.63 bits per heavy atom. The van der Waals surface area contributed by atoms with Crippen LogP contribution in [0.15, 0.2) is 48.8 Å². The van der Waals surface area contributed by atoms with Crippen molar-refractivity contribution < 1.29 is 10.2 Å². The van der Waals surface area contributed by atoms with Crippen LogP contribution in [0.2, 0.25) is 0 Å². The molecule has 2 atom stereocenters. The van der Waals surface area contributed by atoms with E-state index in [9.17, 15) is 10.2 Å². The molecule has 0 aliphatic carbocycles. The van der Waals surface area contributed by atoms with Crippen molar-refractivity contribution in [2.45, 2.75) is 18.7 Å². The van der Waals surface area contributed by atoms with Crippen LogP contribution in [-0.2, 0) is 6.54 Å². The molecular weight excluding hydrogens is 242 g/mol. The van der Waals surface area contributed by atoms with Gasteiger partial charge in [-0.15, -0.1) is 0 Å². The quantitative estimate of drug-likeness (QED) is 0.681. The van der Waals surface area contributed by atoms with E-state index in [4.69, 9.17) is 0 Å². The van der Waals surface area contributed by atoms with Crippen molar-refractivity contribution in [3.05, 3.63) is 54.4 Å². The molecule has 2 unspecified atom stereocenters. The molecule has 0 aliphatic rings. The fraction of sp³-hybridized carbons (Fsp3) is 0.357. The van der Waals surface area contributed by atoms with Crippen LogP contribution in [0.25, 0.3) is 0 Å². The Kier molecular flexibility index (Phi) is 5.09. The van der Waals surface area contributed by atoms with Gasteiger partial charge >= 0.3 is 0 Å². The zero-order valence-electron chi connectivity index (χ0n) is 10.7. The predicted octanol–water partition coefficient (Wildman–Crippen LogP) is 0.567. The van der Waals surface area contributed by atoms with E-state index < -0.39 is 6.10 Å². The van der Waals surface area contributed by atoms with E-state index in [0.29, 0.717) is 13.1 Å². The zero-order valence-corrected chi connectivity index (χ0v) is 10.7. The van der Waals surface area contributed by atoms with Gasteiger partial charge in [0, 0.05) is 18.9 Å². The molecule has 5 heteroatoms. The predicted molar refractivity (Wildman–Crippen MR) is 72.5 cm³/mol. The molecule has 2 aromatic rings. The van der Waals surface area contributed by atoms with Gasteiger partial charge in [0.25, 0.3) is 0 Å². The number of hydrogen-bond acceptors (Lipinski definition) is 4. The molecule has 3 N–H and O–H groups in total. The minimum absolute atomic E-state index is 0.00148. The molecule has 0 amide bonds. The molecule has 0 bridgehead atoms. The second kappa shape index (κ2) is 7.04. The maximum Gasteiger partial charge on any atom is 0.0860 e. The first-order valence-electron chi connectivity index (χ1n) is 6.34. The van der Waals surface area contributed by atoms with Gasteiger partial charge in [-0.3, -0.25) is 4.68 Å². The number of aliphatic hydroxyl groups excluding tert-OH is 2. The lowest BCUT2D eigenvalue weighted by molar-refractivity contribution is 0.136. The minimum atomic E-state index is -0.544. The summed E-state index contributed by atoms with van der Waals surface area (Å²) in [4.78, 5) is 0. The average Bonchev–Trinajstić information content (AvgIpc) is 2.93. The summed E-state index contributed by atoms with van der Waals surface area (Å²) >= 11 is 0. The normalized spacial score (nSPS) is 14.2. The number of aromatic nitrogens is 2. The van der Waals surface area contributed by atoms with Gasteiger partial charge in [0.1, 0.15) is 0 Å². The largest absolute Gasteiger partial charge is 0.394 e. The van der Waals surface area contributed by atoms with E-state index in [0.717, 1.165) is 5.56 Å². The van der Waals surface area contributed by atoms with Crippen LogP contribution in [-0.4, -0.2) is 39.2 Å². The Morgan fingerprint density at radius 1 is 1.21 bits per heavy atom.